The van der Waals surface area contributed by atoms with E-state index in [1.54, 1.807) is 19.1 Å². The minimum atomic E-state index is -0.424. The lowest BCUT2D eigenvalue weighted by Gasteiger charge is -2.02. The van der Waals surface area contributed by atoms with Crippen molar-refractivity contribution in [1.82, 2.24) is 14.8 Å². The van der Waals surface area contributed by atoms with Crippen LogP contribution in [0.2, 0.25) is 0 Å². The highest BCUT2D eigenvalue weighted by atomic mass is 32.1. The molecule has 1 aromatic carbocycles. The van der Waals surface area contributed by atoms with Gasteiger partial charge in [0.15, 0.2) is 0 Å². The molecule has 0 aliphatic heterocycles. The second kappa shape index (κ2) is 6.40. The number of para-hydroxylation sites is 1. The topological polar surface area (TPSA) is 106 Å². The standard InChI is InChI=1S/C19H17N5O2S/c1-10-8-9-13-14(20)16(27-18(13)21-10)17(25)22-15-11(2)23-24(19(15)26)12-6-4-3-5-7-12/h3-9,23H,20H2,1-2H3,(H,22,25). The summed E-state index contributed by atoms with van der Waals surface area (Å²) < 4.78 is 1.39. The van der Waals surface area contributed by atoms with Crippen LogP contribution in [0.4, 0.5) is 11.4 Å². The van der Waals surface area contributed by atoms with Gasteiger partial charge in [0.05, 0.1) is 17.1 Å². The number of aromatic nitrogens is 3. The van der Waals surface area contributed by atoms with E-state index in [0.717, 1.165) is 11.1 Å². The fourth-order valence-corrected chi connectivity index (χ4v) is 3.92. The molecule has 0 saturated carbocycles. The Balaban J connectivity index is 1.71. The largest absolute Gasteiger partial charge is 0.397 e. The first kappa shape index (κ1) is 17.0. The number of H-pyrrole nitrogens is 1. The van der Waals surface area contributed by atoms with E-state index >= 15 is 0 Å². The Morgan fingerprint density at radius 2 is 1.93 bits per heavy atom. The first-order chi connectivity index (χ1) is 13.0. The number of fused-ring (bicyclic) bond motifs is 1. The van der Waals surface area contributed by atoms with Gasteiger partial charge < -0.3 is 11.1 Å². The van der Waals surface area contributed by atoms with Crippen molar-refractivity contribution in [3.63, 3.8) is 0 Å². The van der Waals surface area contributed by atoms with Gasteiger partial charge in [-0.1, -0.05) is 18.2 Å². The molecule has 3 aromatic heterocycles. The number of rotatable bonds is 3. The van der Waals surface area contributed by atoms with Crippen LogP contribution in [0.5, 0.6) is 0 Å². The van der Waals surface area contributed by atoms with E-state index in [9.17, 15) is 9.59 Å². The highest BCUT2D eigenvalue weighted by Crippen LogP contribution is 2.33. The second-order valence-corrected chi connectivity index (χ2v) is 7.19. The Kier molecular flexibility index (Phi) is 4.04. The summed E-state index contributed by atoms with van der Waals surface area (Å²) in [6.07, 6.45) is 0. The molecule has 4 N–H and O–H groups in total. The third-order valence-electron chi connectivity index (χ3n) is 4.26. The molecule has 27 heavy (non-hydrogen) atoms. The van der Waals surface area contributed by atoms with E-state index in [0.29, 0.717) is 26.8 Å². The van der Waals surface area contributed by atoms with Gasteiger partial charge in [0.25, 0.3) is 11.5 Å². The van der Waals surface area contributed by atoms with Crippen molar-refractivity contribution in [1.29, 1.82) is 0 Å². The zero-order valence-electron chi connectivity index (χ0n) is 14.7. The van der Waals surface area contributed by atoms with Crippen molar-refractivity contribution in [2.75, 3.05) is 11.1 Å². The number of nitrogens with zero attached hydrogens (tertiary/aromatic N) is 2. The van der Waals surface area contributed by atoms with Crippen molar-refractivity contribution in [2.24, 2.45) is 0 Å². The van der Waals surface area contributed by atoms with Crippen LogP contribution in [-0.4, -0.2) is 20.7 Å². The quantitative estimate of drug-likeness (QED) is 0.508. The molecule has 136 valence electrons. The maximum atomic E-state index is 12.8. The molecule has 0 spiro atoms. The average Bonchev–Trinajstić information content (AvgIpc) is 3.13. The minimum Gasteiger partial charge on any atom is -0.397 e. The zero-order chi connectivity index (χ0) is 19.1. The molecule has 0 aliphatic carbocycles. The average molecular weight is 379 g/mol. The van der Waals surface area contributed by atoms with Gasteiger partial charge in [0, 0.05) is 11.1 Å². The number of carbonyl (C=O) groups is 1. The molecule has 8 heteroatoms. The highest BCUT2D eigenvalue weighted by Gasteiger charge is 2.21. The summed E-state index contributed by atoms with van der Waals surface area (Å²) in [6, 6.07) is 12.9. The molecular weight excluding hydrogens is 362 g/mol. The number of nitrogen functional groups attached to an aromatic ring is 1. The van der Waals surface area contributed by atoms with Crippen LogP contribution < -0.4 is 16.6 Å². The van der Waals surface area contributed by atoms with Crippen molar-refractivity contribution in [3.05, 3.63) is 69.1 Å². The number of carbonyl (C=O) groups excluding carboxylic acids is 1. The summed E-state index contributed by atoms with van der Waals surface area (Å²) in [7, 11) is 0. The number of amides is 1. The third kappa shape index (κ3) is 2.89. The number of hydrogen-bond acceptors (Lipinski definition) is 5. The summed E-state index contributed by atoms with van der Waals surface area (Å²) >= 11 is 1.21. The lowest BCUT2D eigenvalue weighted by atomic mass is 10.2. The predicted octanol–water partition coefficient (Wildman–Crippen LogP) is 3.23. The molecule has 1 amide bonds. The van der Waals surface area contributed by atoms with E-state index in [2.05, 4.69) is 15.4 Å². The SMILES string of the molecule is Cc1ccc2c(N)c(C(=O)Nc3c(C)[nH]n(-c4ccccc4)c3=O)sc2n1. The Bertz CT molecular complexity index is 1220. The number of anilines is 2. The van der Waals surface area contributed by atoms with Crippen molar-refractivity contribution >= 4 is 38.8 Å². The fraction of sp³-hybridized carbons (Fsp3) is 0.105. The Labute approximate surface area is 158 Å². The number of benzene rings is 1. The van der Waals surface area contributed by atoms with Crippen LogP contribution in [0.25, 0.3) is 15.9 Å². The molecule has 0 aliphatic rings. The summed E-state index contributed by atoms with van der Waals surface area (Å²) in [4.78, 5) is 31.0. The van der Waals surface area contributed by atoms with Crippen LogP contribution in [0, 0.1) is 13.8 Å². The highest BCUT2D eigenvalue weighted by molar-refractivity contribution is 7.21. The van der Waals surface area contributed by atoms with Crippen LogP contribution in [-0.2, 0) is 0 Å². The molecule has 4 rings (SSSR count). The molecule has 0 bridgehead atoms. The predicted molar refractivity (Wildman–Crippen MR) is 108 cm³/mol. The maximum absolute atomic E-state index is 12.8. The van der Waals surface area contributed by atoms with Gasteiger partial charge in [0.2, 0.25) is 0 Å². The fourth-order valence-electron chi connectivity index (χ4n) is 2.88. The van der Waals surface area contributed by atoms with Gasteiger partial charge in [0.1, 0.15) is 15.4 Å². The van der Waals surface area contributed by atoms with Crippen LogP contribution >= 0.6 is 11.3 Å². The number of aryl methyl sites for hydroxylation is 2. The number of nitrogens with two attached hydrogens (primary N) is 1. The number of nitrogens with one attached hydrogen (secondary N) is 2. The Morgan fingerprint density at radius 1 is 1.19 bits per heavy atom. The van der Waals surface area contributed by atoms with Gasteiger partial charge in [-0.2, -0.15) is 0 Å². The van der Waals surface area contributed by atoms with E-state index in [4.69, 9.17) is 5.73 Å². The Morgan fingerprint density at radius 3 is 2.67 bits per heavy atom. The number of hydrogen-bond donors (Lipinski definition) is 3. The summed E-state index contributed by atoms with van der Waals surface area (Å²) in [5, 5.41) is 6.42. The van der Waals surface area contributed by atoms with Gasteiger partial charge in [-0.3, -0.25) is 14.7 Å². The third-order valence-corrected chi connectivity index (χ3v) is 5.38. The lowest BCUT2D eigenvalue weighted by Crippen LogP contribution is -2.21. The minimum absolute atomic E-state index is 0.199. The summed E-state index contributed by atoms with van der Waals surface area (Å²) in [6.45, 7) is 3.61. The van der Waals surface area contributed by atoms with Crippen LogP contribution in [0.1, 0.15) is 21.1 Å². The monoisotopic (exact) mass is 379 g/mol. The maximum Gasteiger partial charge on any atom is 0.295 e. The van der Waals surface area contributed by atoms with Gasteiger partial charge in [-0.15, -0.1) is 11.3 Å². The second-order valence-electron chi connectivity index (χ2n) is 6.19. The summed E-state index contributed by atoms with van der Waals surface area (Å²) in [5.41, 5.74) is 8.47. The van der Waals surface area contributed by atoms with Gasteiger partial charge in [-0.25, -0.2) is 9.67 Å². The molecule has 0 fully saturated rings. The molecule has 0 atom stereocenters. The van der Waals surface area contributed by atoms with E-state index < -0.39 is 5.91 Å². The summed E-state index contributed by atoms with van der Waals surface area (Å²) in [5.74, 6) is -0.424. The number of thiophene rings is 1. The first-order valence-electron chi connectivity index (χ1n) is 8.29. The van der Waals surface area contributed by atoms with Crippen LogP contribution in [0.3, 0.4) is 0 Å². The molecule has 0 radical (unpaired) electrons. The number of pyridine rings is 1. The van der Waals surface area contributed by atoms with E-state index in [1.807, 2.05) is 37.3 Å². The van der Waals surface area contributed by atoms with E-state index in [1.165, 1.54) is 16.0 Å². The van der Waals surface area contributed by atoms with Crippen molar-refractivity contribution in [3.8, 4) is 5.69 Å². The molecule has 3 heterocycles. The molecular formula is C19H17N5O2S. The van der Waals surface area contributed by atoms with E-state index in [-0.39, 0.29) is 11.2 Å². The van der Waals surface area contributed by atoms with Crippen molar-refractivity contribution in [2.45, 2.75) is 13.8 Å². The zero-order valence-corrected chi connectivity index (χ0v) is 15.6. The molecule has 7 nitrogen and oxygen atoms in total. The van der Waals surface area contributed by atoms with Gasteiger partial charge >= 0.3 is 0 Å². The Hall–Kier alpha value is -3.39. The van der Waals surface area contributed by atoms with Crippen LogP contribution in [0.15, 0.2) is 47.3 Å². The van der Waals surface area contributed by atoms with Gasteiger partial charge in [-0.05, 0) is 38.1 Å². The normalized spacial score (nSPS) is 11.0. The molecule has 4 aromatic rings. The first-order valence-corrected chi connectivity index (χ1v) is 9.11. The lowest BCUT2D eigenvalue weighted by molar-refractivity contribution is 0.103. The molecule has 0 saturated heterocycles. The van der Waals surface area contributed by atoms with Crippen molar-refractivity contribution < 1.29 is 4.79 Å². The number of aromatic amines is 1. The smallest absolute Gasteiger partial charge is 0.295 e. The molecule has 0 unspecified atom stereocenters.